The molecule has 0 radical (unpaired) electrons. The monoisotopic (exact) mass is 593 g/mol. The number of fused-ring (bicyclic) bond motifs is 2. The minimum Gasteiger partial charge on any atom is -0.103 e. The van der Waals surface area contributed by atoms with E-state index in [1.807, 2.05) is 0 Å². The summed E-state index contributed by atoms with van der Waals surface area (Å²) in [5.74, 6) is 14.3. The lowest BCUT2D eigenvalue weighted by molar-refractivity contribution is 0.762. The molecule has 0 amide bonds. The van der Waals surface area contributed by atoms with Crippen molar-refractivity contribution in [2.24, 2.45) is 0 Å². The zero-order valence-electron chi connectivity index (χ0n) is 30.1. The number of rotatable bonds is 16. The van der Waals surface area contributed by atoms with Crippen molar-refractivity contribution >= 4 is 0 Å². The molecular weight excluding hydrogens is 528 g/mol. The summed E-state index contributed by atoms with van der Waals surface area (Å²) in [7, 11) is 0. The highest BCUT2D eigenvalue weighted by molar-refractivity contribution is 5.64. The smallest absolute Gasteiger partial charge is 0.0346 e. The summed E-state index contributed by atoms with van der Waals surface area (Å²) in [5, 5.41) is 0. The van der Waals surface area contributed by atoms with Gasteiger partial charge in [0.2, 0.25) is 0 Å². The van der Waals surface area contributed by atoms with Crippen LogP contribution < -0.4 is 0 Å². The largest absolute Gasteiger partial charge is 0.103 e. The Balaban J connectivity index is 2.43. The van der Waals surface area contributed by atoms with E-state index in [1.54, 1.807) is 66.8 Å². The van der Waals surface area contributed by atoms with Gasteiger partial charge < -0.3 is 0 Å². The van der Waals surface area contributed by atoms with E-state index in [9.17, 15) is 0 Å². The van der Waals surface area contributed by atoms with Gasteiger partial charge in [0.05, 0.1) is 0 Å². The Labute approximate surface area is 273 Å². The first-order valence-corrected chi connectivity index (χ1v) is 18.8. The van der Waals surface area contributed by atoms with Crippen LogP contribution in [-0.4, -0.2) is 0 Å². The van der Waals surface area contributed by atoms with Crippen molar-refractivity contribution in [1.29, 1.82) is 0 Å². The molecule has 0 aliphatic heterocycles. The summed E-state index contributed by atoms with van der Waals surface area (Å²) in [4.78, 5) is 0. The van der Waals surface area contributed by atoms with Crippen molar-refractivity contribution in [2.45, 2.75) is 184 Å². The van der Waals surface area contributed by atoms with Crippen molar-refractivity contribution in [2.75, 3.05) is 0 Å². The normalized spacial score (nSPS) is 11.8. The van der Waals surface area contributed by atoms with Gasteiger partial charge in [0, 0.05) is 25.7 Å². The van der Waals surface area contributed by atoms with Crippen LogP contribution in [-0.2, 0) is 64.2 Å². The van der Waals surface area contributed by atoms with Crippen LogP contribution in [0.5, 0.6) is 0 Å². The Morgan fingerprint density at radius 2 is 0.591 bits per heavy atom. The maximum atomic E-state index is 3.65. The highest BCUT2D eigenvalue weighted by atomic mass is 14.3. The molecule has 0 heteroatoms. The highest BCUT2D eigenvalue weighted by Crippen LogP contribution is 2.43. The lowest BCUT2D eigenvalue weighted by Gasteiger charge is -2.34. The van der Waals surface area contributed by atoms with Crippen LogP contribution in [0.1, 0.15) is 186 Å². The van der Waals surface area contributed by atoms with Gasteiger partial charge in [-0.15, -0.1) is 11.8 Å². The molecule has 0 fully saturated rings. The summed E-state index contributed by atoms with van der Waals surface area (Å²) in [5.41, 5.74) is 20.1. The van der Waals surface area contributed by atoms with E-state index in [4.69, 9.17) is 0 Å². The van der Waals surface area contributed by atoms with Crippen LogP contribution in [0.3, 0.4) is 0 Å². The number of hydrogen-bond acceptors (Lipinski definition) is 0. The second kappa shape index (κ2) is 19.2. The van der Waals surface area contributed by atoms with E-state index in [0.29, 0.717) is 0 Å². The number of benzene rings is 2. The molecule has 0 N–H and O–H groups in total. The van der Waals surface area contributed by atoms with Crippen LogP contribution in [0.25, 0.3) is 0 Å². The summed E-state index contributed by atoms with van der Waals surface area (Å²) in [6.07, 6.45) is 22.8. The SMILES string of the molecule is CCCC#CCc1c(CC#CCCC)c(CCC)c2c(c1CCC)Cc1c(CCC)c(CCC)c(CCC)c(CCC)c1C2. The van der Waals surface area contributed by atoms with Crippen molar-refractivity contribution < 1.29 is 0 Å². The Kier molecular flexibility index (Phi) is 15.7. The first-order chi connectivity index (χ1) is 21.6. The molecular formula is C44H64. The van der Waals surface area contributed by atoms with Gasteiger partial charge in [-0.05, 0) is 131 Å². The maximum Gasteiger partial charge on any atom is 0.0346 e. The minimum absolute atomic E-state index is 0.885. The number of hydrogen-bond donors (Lipinski definition) is 0. The van der Waals surface area contributed by atoms with E-state index in [1.165, 1.54) is 64.2 Å². The lowest BCUT2D eigenvalue weighted by atomic mass is 9.70. The molecule has 0 saturated carbocycles. The Morgan fingerprint density at radius 3 is 0.864 bits per heavy atom. The lowest BCUT2D eigenvalue weighted by Crippen LogP contribution is -2.23. The van der Waals surface area contributed by atoms with E-state index < -0.39 is 0 Å². The van der Waals surface area contributed by atoms with Crippen LogP contribution in [0.4, 0.5) is 0 Å². The van der Waals surface area contributed by atoms with E-state index in [-0.39, 0.29) is 0 Å². The van der Waals surface area contributed by atoms with Gasteiger partial charge in [-0.1, -0.05) is 106 Å². The molecule has 0 atom stereocenters. The molecule has 0 spiro atoms. The summed E-state index contributed by atoms with van der Waals surface area (Å²) < 4.78 is 0. The standard InChI is InChI=1S/C44H64/c1-9-17-19-21-29-39-37(27-15-7)43-31-41-35(25-13-5)33(23-11-3)34(24-12-4)36(26-14-6)42(41)32-44(43)38(28-16-8)40(39)30-22-20-18-10-2/h9-18,23-32H2,1-8H3. The zero-order valence-corrected chi connectivity index (χ0v) is 30.1. The highest BCUT2D eigenvalue weighted by Gasteiger charge is 2.31. The quantitative estimate of drug-likeness (QED) is 0.145. The van der Waals surface area contributed by atoms with Gasteiger partial charge in [0.15, 0.2) is 0 Å². The molecule has 44 heavy (non-hydrogen) atoms. The number of unbranched alkanes of at least 4 members (excludes halogenated alkanes) is 2. The van der Waals surface area contributed by atoms with E-state index in [2.05, 4.69) is 79.1 Å². The van der Waals surface area contributed by atoms with Crippen LogP contribution in [0.15, 0.2) is 0 Å². The summed E-state index contributed by atoms with van der Waals surface area (Å²) in [6, 6.07) is 0. The molecule has 1 aliphatic rings. The van der Waals surface area contributed by atoms with Crippen molar-refractivity contribution in [3.05, 3.63) is 66.8 Å². The van der Waals surface area contributed by atoms with Gasteiger partial charge in [-0.3, -0.25) is 0 Å². The van der Waals surface area contributed by atoms with Gasteiger partial charge in [-0.2, -0.15) is 0 Å². The second-order valence-corrected chi connectivity index (χ2v) is 13.2. The molecule has 0 nitrogen and oxygen atoms in total. The topological polar surface area (TPSA) is 0 Å². The fourth-order valence-electron chi connectivity index (χ4n) is 7.86. The Hall–Kier alpha value is -2.44. The van der Waals surface area contributed by atoms with E-state index >= 15 is 0 Å². The second-order valence-electron chi connectivity index (χ2n) is 13.2. The molecule has 2 aromatic carbocycles. The van der Waals surface area contributed by atoms with Gasteiger partial charge >= 0.3 is 0 Å². The summed E-state index contributed by atoms with van der Waals surface area (Å²) in [6.45, 7) is 18.8. The van der Waals surface area contributed by atoms with Crippen LogP contribution >= 0.6 is 0 Å². The molecule has 0 bridgehead atoms. The molecule has 0 saturated heterocycles. The van der Waals surface area contributed by atoms with Crippen molar-refractivity contribution in [1.82, 2.24) is 0 Å². The first-order valence-electron chi connectivity index (χ1n) is 18.8. The van der Waals surface area contributed by atoms with Crippen molar-refractivity contribution in [3.63, 3.8) is 0 Å². The molecule has 3 rings (SSSR count). The van der Waals surface area contributed by atoms with E-state index in [0.717, 1.165) is 64.2 Å². The Morgan fingerprint density at radius 1 is 0.318 bits per heavy atom. The average molecular weight is 593 g/mol. The molecule has 0 heterocycles. The maximum absolute atomic E-state index is 3.65. The predicted octanol–water partition coefficient (Wildman–Crippen LogP) is 11.6. The Bertz CT molecular complexity index is 1240. The third-order valence-corrected chi connectivity index (χ3v) is 9.61. The fourth-order valence-corrected chi connectivity index (χ4v) is 7.86. The summed E-state index contributed by atoms with van der Waals surface area (Å²) >= 11 is 0. The minimum atomic E-state index is 0.885. The molecule has 240 valence electrons. The third kappa shape index (κ3) is 8.42. The molecule has 0 unspecified atom stereocenters. The first kappa shape index (κ1) is 36.0. The van der Waals surface area contributed by atoms with Gasteiger partial charge in [0.1, 0.15) is 0 Å². The fraction of sp³-hybridized carbons (Fsp3) is 0.636. The van der Waals surface area contributed by atoms with Crippen LogP contribution in [0.2, 0.25) is 0 Å². The van der Waals surface area contributed by atoms with Crippen LogP contribution in [0, 0.1) is 23.7 Å². The molecule has 2 aromatic rings. The van der Waals surface area contributed by atoms with Gasteiger partial charge in [-0.25, -0.2) is 0 Å². The predicted molar refractivity (Wildman–Crippen MR) is 195 cm³/mol. The molecule has 0 aromatic heterocycles. The average Bonchev–Trinajstić information content (AvgIpc) is 3.02. The third-order valence-electron chi connectivity index (χ3n) is 9.61. The van der Waals surface area contributed by atoms with Gasteiger partial charge in [0.25, 0.3) is 0 Å². The molecule has 1 aliphatic carbocycles. The zero-order chi connectivity index (χ0) is 31.9. The van der Waals surface area contributed by atoms with Crippen molar-refractivity contribution in [3.8, 4) is 23.7 Å².